The van der Waals surface area contributed by atoms with Gasteiger partial charge in [-0.3, -0.25) is 0 Å². The summed E-state index contributed by atoms with van der Waals surface area (Å²) in [4.78, 5) is 0. The van der Waals surface area contributed by atoms with E-state index in [1.54, 1.807) is 0 Å². The number of hydrogen-bond acceptors (Lipinski definition) is 3. The van der Waals surface area contributed by atoms with Gasteiger partial charge in [-0.15, -0.1) is 0 Å². The van der Waals surface area contributed by atoms with Crippen LogP contribution < -0.4 is 5.32 Å². The Hall–Kier alpha value is -1.25. The minimum atomic E-state index is -4.39. The van der Waals surface area contributed by atoms with E-state index in [9.17, 15) is 27.1 Å². The van der Waals surface area contributed by atoms with E-state index in [2.05, 4.69) is 10.1 Å². The number of halogens is 5. The number of rotatable bonds is 7. The highest BCUT2D eigenvalue weighted by Gasteiger charge is 2.27. The molecule has 0 saturated heterocycles. The van der Waals surface area contributed by atoms with Gasteiger partial charge >= 0.3 is 6.18 Å². The Morgan fingerprint density at radius 3 is 2.35 bits per heavy atom. The fourth-order valence-corrected chi connectivity index (χ4v) is 1.50. The van der Waals surface area contributed by atoms with Gasteiger partial charge in [-0.1, -0.05) is 6.07 Å². The van der Waals surface area contributed by atoms with Gasteiger partial charge in [0.1, 0.15) is 18.2 Å². The molecule has 0 fully saturated rings. The molecule has 1 rings (SSSR count). The molecule has 1 aromatic carbocycles. The first-order valence-electron chi connectivity index (χ1n) is 5.78. The van der Waals surface area contributed by atoms with Crippen LogP contribution in [-0.2, 0) is 4.74 Å². The van der Waals surface area contributed by atoms with E-state index in [4.69, 9.17) is 0 Å². The summed E-state index contributed by atoms with van der Waals surface area (Å²) in [5, 5.41) is 12.2. The van der Waals surface area contributed by atoms with E-state index in [0.717, 1.165) is 12.1 Å². The van der Waals surface area contributed by atoms with Crippen LogP contribution in [0.4, 0.5) is 22.0 Å². The normalized spacial score (nSPS) is 13.5. The van der Waals surface area contributed by atoms with Gasteiger partial charge in [-0.05, 0) is 12.1 Å². The van der Waals surface area contributed by atoms with Crippen LogP contribution in [0.3, 0.4) is 0 Å². The van der Waals surface area contributed by atoms with E-state index in [1.807, 2.05) is 0 Å². The minimum absolute atomic E-state index is 0.0171. The number of ether oxygens (including phenoxy) is 1. The average molecular weight is 299 g/mol. The van der Waals surface area contributed by atoms with Gasteiger partial charge < -0.3 is 15.2 Å². The van der Waals surface area contributed by atoms with Crippen molar-refractivity contribution in [1.82, 2.24) is 5.32 Å². The first kappa shape index (κ1) is 16.8. The minimum Gasteiger partial charge on any atom is -0.387 e. The predicted octanol–water partition coefficient (Wildman–Crippen LogP) is 2.17. The van der Waals surface area contributed by atoms with E-state index in [-0.39, 0.29) is 19.7 Å². The van der Waals surface area contributed by atoms with E-state index in [1.165, 1.54) is 6.07 Å². The summed E-state index contributed by atoms with van der Waals surface area (Å²) in [7, 11) is 0. The maximum absolute atomic E-state index is 13.3. The second kappa shape index (κ2) is 7.51. The standard InChI is InChI=1S/C12H14F5NO2/c13-8-2-1-3-9(14)11(8)10(19)6-18-4-5-20-7-12(15,16)17/h1-3,10,18-19H,4-7H2. The van der Waals surface area contributed by atoms with Gasteiger partial charge in [0.05, 0.1) is 18.3 Å². The molecule has 0 radical (unpaired) electrons. The van der Waals surface area contributed by atoms with Crippen LogP contribution in [0.25, 0.3) is 0 Å². The molecule has 0 heterocycles. The Morgan fingerprint density at radius 1 is 1.20 bits per heavy atom. The molecular weight excluding hydrogens is 285 g/mol. The molecule has 0 aliphatic carbocycles. The summed E-state index contributed by atoms with van der Waals surface area (Å²) >= 11 is 0. The topological polar surface area (TPSA) is 41.5 Å². The van der Waals surface area contributed by atoms with Gasteiger partial charge in [0.15, 0.2) is 0 Å². The third kappa shape index (κ3) is 5.81. The van der Waals surface area contributed by atoms with Crippen molar-refractivity contribution >= 4 is 0 Å². The number of hydrogen-bond donors (Lipinski definition) is 2. The van der Waals surface area contributed by atoms with Crippen molar-refractivity contribution in [3.63, 3.8) is 0 Å². The second-order valence-corrected chi connectivity index (χ2v) is 4.02. The fourth-order valence-electron chi connectivity index (χ4n) is 1.50. The molecule has 0 amide bonds. The van der Waals surface area contributed by atoms with Gasteiger partial charge in [0.25, 0.3) is 0 Å². The largest absolute Gasteiger partial charge is 0.411 e. The Labute approximate surface area is 112 Å². The van der Waals surface area contributed by atoms with Gasteiger partial charge in [0, 0.05) is 13.1 Å². The van der Waals surface area contributed by atoms with Crippen molar-refractivity contribution < 1.29 is 31.8 Å². The summed E-state index contributed by atoms with van der Waals surface area (Å²) in [5.74, 6) is -1.76. The molecule has 0 saturated carbocycles. The highest BCUT2D eigenvalue weighted by atomic mass is 19.4. The molecule has 0 aliphatic rings. The first-order chi connectivity index (χ1) is 9.31. The van der Waals surface area contributed by atoms with Crippen molar-refractivity contribution in [2.75, 3.05) is 26.3 Å². The lowest BCUT2D eigenvalue weighted by atomic mass is 10.1. The maximum atomic E-state index is 13.3. The van der Waals surface area contributed by atoms with Crippen molar-refractivity contribution in [1.29, 1.82) is 0 Å². The number of alkyl halides is 3. The molecule has 1 unspecified atom stereocenters. The molecule has 0 aromatic heterocycles. The number of benzene rings is 1. The van der Waals surface area contributed by atoms with Crippen molar-refractivity contribution in [2.45, 2.75) is 12.3 Å². The summed E-state index contributed by atoms with van der Waals surface area (Å²) < 4.78 is 66.1. The molecule has 0 spiro atoms. The van der Waals surface area contributed by atoms with Crippen LogP contribution in [0.5, 0.6) is 0 Å². The highest BCUT2D eigenvalue weighted by Crippen LogP contribution is 2.19. The Morgan fingerprint density at radius 2 is 1.80 bits per heavy atom. The highest BCUT2D eigenvalue weighted by molar-refractivity contribution is 5.22. The van der Waals surface area contributed by atoms with Crippen LogP contribution >= 0.6 is 0 Å². The predicted molar refractivity (Wildman–Crippen MR) is 61.1 cm³/mol. The van der Waals surface area contributed by atoms with Gasteiger partial charge in [-0.25, -0.2) is 8.78 Å². The quantitative estimate of drug-likeness (QED) is 0.599. The van der Waals surface area contributed by atoms with Gasteiger partial charge in [0.2, 0.25) is 0 Å². The summed E-state index contributed by atoms with van der Waals surface area (Å²) in [6.45, 7) is -1.78. The molecular formula is C12H14F5NO2. The molecule has 114 valence electrons. The molecule has 8 heteroatoms. The molecule has 2 N–H and O–H groups in total. The lowest BCUT2D eigenvalue weighted by molar-refractivity contribution is -0.173. The molecule has 0 bridgehead atoms. The zero-order valence-electron chi connectivity index (χ0n) is 10.4. The summed E-state index contributed by atoms with van der Waals surface area (Å²) in [6, 6.07) is 3.18. The average Bonchev–Trinajstić information content (AvgIpc) is 2.32. The molecule has 0 aliphatic heterocycles. The van der Waals surface area contributed by atoms with E-state index in [0.29, 0.717) is 0 Å². The molecule has 1 atom stereocenters. The summed E-state index contributed by atoms with van der Waals surface area (Å²) in [5.41, 5.74) is -0.476. The van der Waals surface area contributed by atoms with Crippen LogP contribution in [-0.4, -0.2) is 37.6 Å². The van der Waals surface area contributed by atoms with Crippen molar-refractivity contribution in [3.8, 4) is 0 Å². The zero-order valence-corrected chi connectivity index (χ0v) is 10.4. The first-order valence-corrected chi connectivity index (χ1v) is 5.78. The van der Waals surface area contributed by atoms with Crippen LogP contribution in [0.15, 0.2) is 18.2 Å². The maximum Gasteiger partial charge on any atom is 0.411 e. The molecule has 20 heavy (non-hydrogen) atoms. The summed E-state index contributed by atoms with van der Waals surface area (Å²) in [6.07, 6.45) is -5.82. The molecule has 1 aromatic rings. The van der Waals surface area contributed by atoms with Crippen molar-refractivity contribution in [3.05, 3.63) is 35.4 Å². The Kier molecular flexibility index (Phi) is 6.31. The third-order valence-corrected chi connectivity index (χ3v) is 2.36. The number of aliphatic hydroxyl groups is 1. The van der Waals surface area contributed by atoms with Crippen LogP contribution in [0.1, 0.15) is 11.7 Å². The van der Waals surface area contributed by atoms with Crippen LogP contribution in [0, 0.1) is 11.6 Å². The third-order valence-electron chi connectivity index (χ3n) is 2.36. The van der Waals surface area contributed by atoms with E-state index < -0.39 is 36.1 Å². The Bertz CT molecular complexity index is 405. The lowest BCUT2D eigenvalue weighted by Crippen LogP contribution is -2.28. The molecule has 3 nitrogen and oxygen atoms in total. The SMILES string of the molecule is OC(CNCCOCC(F)(F)F)c1c(F)cccc1F. The Balaban J connectivity index is 2.29. The smallest absolute Gasteiger partial charge is 0.387 e. The van der Waals surface area contributed by atoms with Crippen LogP contribution in [0.2, 0.25) is 0 Å². The second-order valence-electron chi connectivity index (χ2n) is 4.02. The van der Waals surface area contributed by atoms with Crippen molar-refractivity contribution in [2.24, 2.45) is 0 Å². The zero-order chi connectivity index (χ0) is 15.2. The monoisotopic (exact) mass is 299 g/mol. The fraction of sp³-hybridized carbons (Fsp3) is 0.500. The van der Waals surface area contributed by atoms with E-state index >= 15 is 0 Å². The number of nitrogens with one attached hydrogen (secondary N) is 1. The number of aliphatic hydroxyl groups excluding tert-OH is 1. The van der Waals surface area contributed by atoms with Gasteiger partial charge in [-0.2, -0.15) is 13.2 Å². The lowest BCUT2D eigenvalue weighted by Gasteiger charge is -2.14.